The number of halogens is 4. The molecule has 0 aliphatic carbocycles. The minimum atomic E-state index is -4.50. The maximum absolute atomic E-state index is 13.5. The summed E-state index contributed by atoms with van der Waals surface area (Å²) in [7, 11) is 0. The molecule has 1 aliphatic rings. The average molecular weight is 539 g/mol. The molecule has 10 heteroatoms. The van der Waals surface area contributed by atoms with Gasteiger partial charge in [0.15, 0.2) is 0 Å². The van der Waals surface area contributed by atoms with Crippen LogP contribution < -0.4 is 10.6 Å². The second-order valence-electron chi connectivity index (χ2n) is 9.34. The Bertz CT molecular complexity index is 1060. The highest BCUT2D eigenvalue weighted by Gasteiger charge is 2.32. The number of nitrogens with zero attached hydrogens (tertiary/aromatic N) is 2. The van der Waals surface area contributed by atoms with E-state index >= 15 is 0 Å². The number of hydrogen-bond donors (Lipinski definition) is 2. The van der Waals surface area contributed by atoms with E-state index in [2.05, 4.69) is 29.4 Å². The van der Waals surface area contributed by atoms with E-state index in [1.54, 1.807) is 4.90 Å². The standard InChI is InChI=1S/C27H34ClF3N4O2/c1-3-19(2)34-13-11-24(12-14-34)35(18-21-8-5-4-7-20(21)17-32-25(36)16-28)26(37)33-23-10-6-9-22(15-23)27(29,30)31/h4-10,15,19,24H,3,11-14,16-18H2,1-2H3,(H,32,36)(H,33,37). The Kier molecular flexibility index (Phi) is 10.2. The molecule has 6 nitrogen and oxygen atoms in total. The molecule has 3 amide bonds. The summed E-state index contributed by atoms with van der Waals surface area (Å²) < 4.78 is 39.6. The molecule has 2 N–H and O–H groups in total. The van der Waals surface area contributed by atoms with Gasteiger partial charge in [-0.15, -0.1) is 11.6 Å². The number of hydrogen-bond acceptors (Lipinski definition) is 3. The summed E-state index contributed by atoms with van der Waals surface area (Å²) in [5, 5.41) is 5.43. The first-order valence-electron chi connectivity index (χ1n) is 12.5. The van der Waals surface area contributed by atoms with E-state index in [9.17, 15) is 22.8 Å². The maximum Gasteiger partial charge on any atom is 0.416 e. The molecule has 202 valence electrons. The minimum Gasteiger partial charge on any atom is -0.351 e. The van der Waals surface area contributed by atoms with Gasteiger partial charge in [-0.2, -0.15) is 13.2 Å². The average Bonchev–Trinajstić information content (AvgIpc) is 2.90. The van der Waals surface area contributed by atoms with Crippen LogP contribution in [0.1, 0.15) is 49.8 Å². The molecule has 1 unspecified atom stereocenters. The second-order valence-corrected chi connectivity index (χ2v) is 9.61. The zero-order valence-corrected chi connectivity index (χ0v) is 21.9. The molecule has 1 saturated heterocycles. The molecule has 2 aromatic carbocycles. The Labute approximate surface area is 221 Å². The Hall–Kier alpha value is -2.78. The van der Waals surface area contributed by atoms with Crippen LogP contribution in [0.5, 0.6) is 0 Å². The summed E-state index contributed by atoms with van der Waals surface area (Å²) in [5.41, 5.74) is 0.958. The lowest BCUT2D eigenvalue weighted by Gasteiger charge is -2.40. The van der Waals surface area contributed by atoms with Gasteiger partial charge in [0.1, 0.15) is 5.88 Å². The SMILES string of the molecule is CCC(C)N1CCC(N(Cc2ccccc2CNC(=O)CCl)C(=O)Nc2cccc(C(F)(F)F)c2)CC1. The van der Waals surface area contributed by atoms with E-state index in [1.165, 1.54) is 12.1 Å². The van der Waals surface area contributed by atoms with Gasteiger partial charge in [-0.1, -0.05) is 37.3 Å². The van der Waals surface area contributed by atoms with Crippen LogP contribution in [0, 0.1) is 0 Å². The van der Waals surface area contributed by atoms with Crippen molar-refractivity contribution in [2.75, 3.05) is 24.3 Å². The van der Waals surface area contributed by atoms with Crippen molar-refractivity contribution < 1.29 is 22.8 Å². The lowest BCUT2D eigenvalue weighted by Crippen LogP contribution is -2.50. The third kappa shape index (κ3) is 8.10. The second kappa shape index (κ2) is 13.1. The van der Waals surface area contributed by atoms with E-state index in [4.69, 9.17) is 11.6 Å². The molecule has 0 saturated carbocycles. The van der Waals surface area contributed by atoms with Crippen LogP contribution >= 0.6 is 11.6 Å². The third-order valence-corrected chi connectivity index (χ3v) is 7.16. The number of carbonyl (C=O) groups excluding carboxylic acids is 2. The summed E-state index contributed by atoms with van der Waals surface area (Å²) in [6, 6.07) is 12.0. The van der Waals surface area contributed by atoms with Gasteiger partial charge in [-0.25, -0.2) is 4.79 Å². The van der Waals surface area contributed by atoms with E-state index in [-0.39, 0.29) is 36.6 Å². The fourth-order valence-electron chi connectivity index (χ4n) is 4.54. The van der Waals surface area contributed by atoms with Crippen LogP contribution in [-0.4, -0.2) is 52.8 Å². The van der Waals surface area contributed by atoms with E-state index < -0.39 is 17.8 Å². The van der Waals surface area contributed by atoms with Crippen LogP contribution in [0.25, 0.3) is 0 Å². The van der Waals surface area contributed by atoms with Crippen molar-refractivity contribution in [3.05, 3.63) is 65.2 Å². The normalized spacial score (nSPS) is 15.7. The van der Waals surface area contributed by atoms with Crippen molar-refractivity contribution in [3.63, 3.8) is 0 Å². The lowest BCUT2D eigenvalue weighted by atomic mass is 9.99. The molecule has 1 aliphatic heterocycles. The molecule has 0 radical (unpaired) electrons. The van der Waals surface area contributed by atoms with E-state index in [1.807, 2.05) is 24.3 Å². The molecule has 0 aromatic heterocycles. The highest BCUT2D eigenvalue weighted by Crippen LogP contribution is 2.31. The summed E-state index contributed by atoms with van der Waals surface area (Å²) in [4.78, 5) is 29.3. The van der Waals surface area contributed by atoms with Gasteiger partial charge < -0.3 is 20.4 Å². The van der Waals surface area contributed by atoms with E-state index in [0.29, 0.717) is 6.04 Å². The monoisotopic (exact) mass is 538 g/mol. The number of piperidine rings is 1. The van der Waals surface area contributed by atoms with Gasteiger partial charge in [-0.3, -0.25) is 4.79 Å². The van der Waals surface area contributed by atoms with Gasteiger partial charge >= 0.3 is 12.2 Å². The maximum atomic E-state index is 13.5. The van der Waals surface area contributed by atoms with Crippen molar-refractivity contribution in [1.82, 2.24) is 15.1 Å². The van der Waals surface area contributed by atoms with Gasteiger partial charge in [-0.05, 0) is 55.5 Å². The molecule has 0 bridgehead atoms. The predicted molar refractivity (Wildman–Crippen MR) is 139 cm³/mol. The first kappa shape index (κ1) is 28.8. The lowest BCUT2D eigenvalue weighted by molar-refractivity contribution is -0.137. The first-order valence-corrected chi connectivity index (χ1v) is 13.0. The Morgan fingerprint density at radius 1 is 1.11 bits per heavy atom. The number of anilines is 1. The number of amides is 3. The number of likely N-dealkylation sites (tertiary alicyclic amines) is 1. The Morgan fingerprint density at radius 3 is 2.41 bits per heavy atom. The molecule has 2 aromatic rings. The summed E-state index contributed by atoms with van der Waals surface area (Å²) >= 11 is 5.60. The minimum absolute atomic E-state index is 0.0865. The van der Waals surface area contributed by atoms with Gasteiger partial charge in [0, 0.05) is 44.0 Å². The molecule has 3 rings (SSSR count). The molecule has 1 fully saturated rings. The van der Waals surface area contributed by atoms with Gasteiger partial charge in [0.2, 0.25) is 5.91 Å². The quantitative estimate of drug-likeness (QED) is 0.393. The van der Waals surface area contributed by atoms with Crippen molar-refractivity contribution in [3.8, 4) is 0 Å². The van der Waals surface area contributed by atoms with Crippen LogP contribution in [0.15, 0.2) is 48.5 Å². The van der Waals surface area contributed by atoms with E-state index in [0.717, 1.165) is 55.6 Å². The van der Waals surface area contributed by atoms with Crippen molar-refractivity contribution >= 4 is 29.2 Å². The molecule has 37 heavy (non-hydrogen) atoms. The fourth-order valence-corrected chi connectivity index (χ4v) is 4.64. The van der Waals surface area contributed by atoms with Crippen LogP contribution in [0.4, 0.5) is 23.7 Å². The van der Waals surface area contributed by atoms with Gasteiger partial charge in [0.05, 0.1) is 5.56 Å². The number of carbonyl (C=O) groups is 2. The predicted octanol–water partition coefficient (Wildman–Crippen LogP) is 5.86. The molecular formula is C27H34ClF3N4O2. The summed E-state index contributed by atoms with van der Waals surface area (Å²) in [6.07, 6.45) is -1.96. The number of nitrogens with one attached hydrogen (secondary N) is 2. The van der Waals surface area contributed by atoms with Crippen molar-refractivity contribution in [1.29, 1.82) is 0 Å². The zero-order valence-electron chi connectivity index (χ0n) is 21.2. The Balaban J connectivity index is 1.83. The molecule has 1 atom stereocenters. The van der Waals surface area contributed by atoms with Crippen LogP contribution in [0.3, 0.4) is 0 Å². The largest absolute Gasteiger partial charge is 0.416 e. The highest BCUT2D eigenvalue weighted by atomic mass is 35.5. The highest BCUT2D eigenvalue weighted by molar-refractivity contribution is 6.27. The van der Waals surface area contributed by atoms with Gasteiger partial charge in [0.25, 0.3) is 0 Å². The number of alkyl halides is 4. The zero-order chi connectivity index (χ0) is 27.0. The van der Waals surface area contributed by atoms with Crippen molar-refractivity contribution in [2.24, 2.45) is 0 Å². The first-order chi connectivity index (χ1) is 17.6. The van der Waals surface area contributed by atoms with Crippen LogP contribution in [0.2, 0.25) is 0 Å². The summed E-state index contributed by atoms with van der Waals surface area (Å²) in [5.74, 6) is -0.448. The number of benzene rings is 2. The number of urea groups is 1. The number of rotatable bonds is 9. The molecular weight excluding hydrogens is 505 g/mol. The third-order valence-electron chi connectivity index (χ3n) is 6.91. The fraction of sp³-hybridized carbons (Fsp3) is 0.481. The smallest absolute Gasteiger partial charge is 0.351 e. The Morgan fingerprint density at radius 2 is 1.78 bits per heavy atom. The van der Waals surface area contributed by atoms with Crippen LogP contribution in [-0.2, 0) is 24.1 Å². The topological polar surface area (TPSA) is 64.7 Å². The molecule has 1 heterocycles. The molecule has 0 spiro atoms. The summed E-state index contributed by atoms with van der Waals surface area (Å²) in [6.45, 7) is 6.51. The van der Waals surface area contributed by atoms with Crippen molar-refractivity contribution in [2.45, 2.75) is 64.5 Å².